The molecule has 3 N–H and O–H groups in total. The Balaban J connectivity index is 1.86. The Hall–Kier alpha value is -2.55. The van der Waals surface area contributed by atoms with Gasteiger partial charge in [0.2, 0.25) is 11.0 Å². The normalized spacial score (nSPS) is 11.7. The second-order valence-corrected chi connectivity index (χ2v) is 7.45. The minimum absolute atomic E-state index is 0.240. The molecular weight excluding hydrogens is 381 g/mol. The van der Waals surface area contributed by atoms with Gasteiger partial charge in [-0.05, 0) is 30.5 Å². The molecule has 152 valence electrons. The number of halogens is 1. The number of carbonyl (C=O) groups excluding carboxylic acids is 2. The highest BCUT2D eigenvalue weighted by Crippen LogP contribution is 2.17. The molecule has 2 aromatic rings. The summed E-state index contributed by atoms with van der Waals surface area (Å²) in [6.07, 6.45) is 4.16. The minimum atomic E-state index is -0.679. The zero-order chi connectivity index (χ0) is 20.4. The number of carbonyl (C=O) groups is 2. The topological polar surface area (TPSA) is 96.0 Å². The van der Waals surface area contributed by atoms with Gasteiger partial charge in [-0.2, -0.15) is 0 Å². The van der Waals surface area contributed by atoms with Crippen LogP contribution in [0.15, 0.2) is 24.3 Å². The van der Waals surface area contributed by atoms with Crippen molar-refractivity contribution in [3.63, 3.8) is 0 Å². The van der Waals surface area contributed by atoms with Crippen molar-refractivity contribution >= 4 is 28.4 Å². The summed E-state index contributed by atoms with van der Waals surface area (Å²) in [7, 11) is 0. The van der Waals surface area contributed by atoms with Crippen molar-refractivity contribution < 1.29 is 14.0 Å². The lowest BCUT2D eigenvalue weighted by atomic mass is 10.1. The molecule has 2 rings (SSSR count). The fraction of sp³-hybridized carbons (Fsp3) is 0.474. The van der Waals surface area contributed by atoms with Gasteiger partial charge in [-0.1, -0.05) is 50.2 Å². The van der Waals surface area contributed by atoms with Crippen LogP contribution in [0.3, 0.4) is 0 Å². The van der Waals surface area contributed by atoms with Crippen LogP contribution in [0.25, 0.3) is 0 Å². The van der Waals surface area contributed by atoms with Crippen LogP contribution >= 0.6 is 11.3 Å². The summed E-state index contributed by atoms with van der Waals surface area (Å²) in [5.74, 6) is -0.653. The molecule has 7 nitrogen and oxygen atoms in total. The smallest absolute Gasteiger partial charge is 0.315 e. The van der Waals surface area contributed by atoms with E-state index in [1.54, 1.807) is 12.1 Å². The average Bonchev–Trinajstić information content (AvgIpc) is 3.12. The van der Waals surface area contributed by atoms with Crippen molar-refractivity contribution in [1.29, 1.82) is 0 Å². The lowest BCUT2D eigenvalue weighted by Crippen LogP contribution is -2.47. The predicted octanol–water partition coefficient (Wildman–Crippen LogP) is 3.63. The highest BCUT2D eigenvalue weighted by atomic mass is 32.1. The maximum Gasteiger partial charge on any atom is 0.315 e. The molecule has 0 fully saturated rings. The number of amides is 3. The van der Waals surface area contributed by atoms with E-state index < -0.39 is 12.1 Å². The zero-order valence-corrected chi connectivity index (χ0v) is 16.9. The van der Waals surface area contributed by atoms with Crippen LogP contribution in [0.4, 0.5) is 14.3 Å². The number of benzene rings is 1. The van der Waals surface area contributed by atoms with E-state index in [1.807, 2.05) is 6.92 Å². The van der Waals surface area contributed by atoms with Gasteiger partial charge >= 0.3 is 6.03 Å². The van der Waals surface area contributed by atoms with Crippen molar-refractivity contribution in [2.24, 2.45) is 0 Å². The Morgan fingerprint density at radius 2 is 1.89 bits per heavy atom. The molecule has 1 heterocycles. The fourth-order valence-electron chi connectivity index (χ4n) is 2.48. The molecule has 0 spiro atoms. The molecule has 0 aliphatic heterocycles. The monoisotopic (exact) mass is 407 g/mol. The van der Waals surface area contributed by atoms with Gasteiger partial charge < -0.3 is 10.6 Å². The summed E-state index contributed by atoms with van der Waals surface area (Å²) in [5, 5.41) is 17.5. The van der Waals surface area contributed by atoms with Crippen molar-refractivity contribution in [2.75, 3.05) is 5.32 Å². The summed E-state index contributed by atoms with van der Waals surface area (Å²) in [5.41, 5.74) is 0.765. The molecule has 0 aliphatic rings. The molecule has 3 amide bonds. The van der Waals surface area contributed by atoms with Crippen molar-refractivity contribution in [1.82, 2.24) is 20.8 Å². The van der Waals surface area contributed by atoms with Gasteiger partial charge in [-0.15, -0.1) is 10.2 Å². The number of nitrogens with one attached hydrogen (secondary N) is 3. The van der Waals surface area contributed by atoms with E-state index in [1.165, 1.54) is 23.5 Å². The molecular formula is C19H26FN5O2S. The first-order valence-electron chi connectivity index (χ1n) is 9.43. The van der Waals surface area contributed by atoms with Crippen LogP contribution in [0.1, 0.15) is 50.1 Å². The molecule has 28 heavy (non-hydrogen) atoms. The molecule has 1 aromatic heterocycles. The molecule has 0 saturated carbocycles. The van der Waals surface area contributed by atoms with E-state index >= 15 is 0 Å². The van der Waals surface area contributed by atoms with Crippen molar-refractivity contribution in [3.8, 4) is 0 Å². The first-order chi connectivity index (χ1) is 13.5. The SMILES string of the molecule is CCCCc1nnc(NC(=O)C(CCC)NC(=O)NCc2ccc(F)cc2)s1. The lowest BCUT2D eigenvalue weighted by Gasteiger charge is -2.17. The summed E-state index contributed by atoms with van der Waals surface area (Å²) in [6.45, 7) is 4.28. The molecule has 0 saturated heterocycles. The maximum absolute atomic E-state index is 12.9. The molecule has 1 atom stereocenters. The summed E-state index contributed by atoms with van der Waals surface area (Å²) < 4.78 is 12.9. The van der Waals surface area contributed by atoms with E-state index in [0.717, 1.165) is 36.3 Å². The Kier molecular flexibility index (Phi) is 8.80. The number of rotatable bonds is 10. The van der Waals surface area contributed by atoms with Crippen molar-refractivity contribution in [2.45, 2.75) is 58.5 Å². The van der Waals surface area contributed by atoms with E-state index in [9.17, 15) is 14.0 Å². The van der Waals surface area contributed by atoms with Gasteiger partial charge in [0.15, 0.2) is 0 Å². The van der Waals surface area contributed by atoms with Crippen molar-refractivity contribution in [3.05, 3.63) is 40.7 Å². The van der Waals surface area contributed by atoms with E-state index in [-0.39, 0.29) is 18.3 Å². The number of nitrogens with zero attached hydrogens (tertiary/aromatic N) is 2. The molecule has 1 unspecified atom stereocenters. The quantitative estimate of drug-likeness (QED) is 0.560. The molecule has 0 aliphatic carbocycles. The van der Waals surface area contributed by atoms with Crippen LogP contribution in [0.2, 0.25) is 0 Å². The number of aromatic nitrogens is 2. The van der Waals surface area contributed by atoms with Gasteiger partial charge in [0.1, 0.15) is 16.9 Å². The van der Waals surface area contributed by atoms with E-state index in [4.69, 9.17) is 0 Å². The molecule has 1 aromatic carbocycles. The fourth-order valence-corrected chi connectivity index (χ4v) is 3.26. The number of unbranched alkanes of at least 4 members (excludes halogenated alkanes) is 1. The van der Waals surface area contributed by atoms with Crippen LogP contribution in [-0.4, -0.2) is 28.2 Å². The van der Waals surface area contributed by atoms with Crippen LogP contribution < -0.4 is 16.0 Å². The van der Waals surface area contributed by atoms with Gasteiger partial charge in [0.05, 0.1) is 0 Å². The average molecular weight is 408 g/mol. The second-order valence-electron chi connectivity index (χ2n) is 6.39. The summed E-state index contributed by atoms with van der Waals surface area (Å²) >= 11 is 1.35. The van der Waals surface area contributed by atoms with Crippen LogP contribution in [0.5, 0.6) is 0 Å². The third kappa shape index (κ3) is 7.22. The largest absolute Gasteiger partial charge is 0.334 e. The lowest BCUT2D eigenvalue weighted by molar-refractivity contribution is -0.118. The molecule has 0 bridgehead atoms. The molecule has 9 heteroatoms. The van der Waals surface area contributed by atoms with Gasteiger partial charge in [0.25, 0.3) is 0 Å². The number of aryl methyl sites for hydroxylation is 1. The zero-order valence-electron chi connectivity index (χ0n) is 16.1. The van der Waals surface area contributed by atoms with Gasteiger partial charge in [0, 0.05) is 13.0 Å². The highest BCUT2D eigenvalue weighted by molar-refractivity contribution is 7.15. The van der Waals surface area contributed by atoms with Crippen LogP contribution in [0, 0.1) is 5.82 Å². The number of hydrogen-bond acceptors (Lipinski definition) is 5. The maximum atomic E-state index is 12.9. The minimum Gasteiger partial charge on any atom is -0.334 e. The Labute approximate surface area is 168 Å². The molecule has 0 radical (unpaired) electrons. The summed E-state index contributed by atoms with van der Waals surface area (Å²) in [4.78, 5) is 24.7. The number of hydrogen-bond donors (Lipinski definition) is 3. The van der Waals surface area contributed by atoms with E-state index in [2.05, 4.69) is 33.1 Å². The predicted molar refractivity (Wildman–Crippen MR) is 108 cm³/mol. The Morgan fingerprint density at radius 3 is 2.57 bits per heavy atom. The van der Waals surface area contributed by atoms with Crippen LogP contribution in [-0.2, 0) is 17.8 Å². The Morgan fingerprint density at radius 1 is 1.14 bits per heavy atom. The first kappa shape index (κ1) is 21.7. The number of urea groups is 1. The standard InChI is InChI=1S/C19H26FN5O2S/c1-3-5-7-16-24-25-19(28-16)23-17(26)15(6-4-2)22-18(27)21-12-13-8-10-14(20)11-9-13/h8-11,15H,3-7,12H2,1-2H3,(H2,21,22,27)(H,23,25,26). The van der Waals surface area contributed by atoms with Gasteiger partial charge in [-0.3, -0.25) is 10.1 Å². The third-order valence-corrected chi connectivity index (χ3v) is 4.91. The Bertz CT molecular complexity index is 766. The first-order valence-corrected chi connectivity index (χ1v) is 10.3. The van der Waals surface area contributed by atoms with Gasteiger partial charge in [-0.25, -0.2) is 9.18 Å². The summed E-state index contributed by atoms with van der Waals surface area (Å²) in [6, 6.07) is 4.72. The highest BCUT2D eigenvalue weighted by Gasteiger charge is 2.21. The second kappa shape index (κ2) is 11.3. The number of anilines is 1. The third-order valence-electron chi connectivity index (χ3n) is 4.01. The van der Waals surface area contributed by atoms with E-state index in [0.29, 0.717) is 11.6 Å².